The predicted octanol–water partition coefficient (Wildman–Crippen LogP) is 2.08. The van der Waals surface area contributed by atoms with E-state index in [9.17, 15) is 22.4 Å². The molecule has 0 unspecified atom stereocenters. The lowest BCUT2D eigenvalue weighted by atomic mass is 10.2. The summed E-state index contributed by atoms with van der Waals surface area (Å²) in [6, 6.07) is 9.34. The summed E-state index contributed by atoms with van der Waals surface area (Å²) in [7, 11) is -3.81. The highest BCUT2D eigenvalue weighted by Crippen LogP contribution is 2.33. The smallest absolute Gasteiger partial charge is 0.321 e. The molecule has 2 aromatic carbocycles. The molecule has 31 heavy (non-hydrogen) atoms. The minimum atomic E-state index is -3.81. The lowest BCUT2D eigenvalue weighted by Crippen LogP contribution is -2.51. The molecule has 2 heterocycles. The summed E-state index contributed by atoms with van der Waals surface area (Å²) in [5.74, 6) is -0.337. The normalized spacial score (nSPS) is 19.2. The predicted molar refractivity (Wildman–Crippen MR) is 111 cm³/mol. The van der Waals surface area contributed by atoms with E-state index in [0.717, 1.165) is 0 Å². The summed E-state index contributed by atoms with van der Waals surface area (Å²) in [4.78, 5) is 25.7. The molecule has 1 fully saturated rings. The van der Waals surface area contributed by atoms with E-state index in [2.05, 4.69) is 10.6 Å². The third-order valence-corrected chi connectivity index (χ3v) is 7.04. The molecule has 0 radical (unpaired) electrons. The first kappa shape index (κ1) is 21.1. The maximum absolute atomic E-state index is 13.0. The van der Waals surface area contributed by atoms with Gasteiger partial charge in [-0.05, 0) is 49.4 Å². The second-order valence-corrected chi connectivity index (χ2v) is 9.17. The Morgan fingerprint density at radius 2 is 1.81 bits per heavy atom. The number of halogens is 1. The fourth-order valence-electron chi connectivity index (χ4n) is 3.36. The molecule has 0 spiro atoms. The number of amides is 3. The topological polar surface area (TPSA) is 108 Å². The molecule has 4 rings (SSSR count). The Hall–Kier alpha value is -3.18. The number of carbonyl (C=O) groups is 2. The third-order valence-electron chi connectivity index (χ3n) is 5.14. The average molecular weight is 448 g/mol. The second kappa shape index (κ2) is 8.16. The molecule has 1 atom stereocenters. The monoisotopic (exact) mass is 448 g/mol. The van der Waals surface area contributed by atoms with Gasteiger partial charge in [-0.15, -0.1) is 0 Å². The minimum Gasteiger partial charge on any atom is -0.479 e. The van der Waals surface area contributed by atoms with E-state index >= 15 is 0 Å². The molecule has 0 saturated carbocycles. The van der Waals surface area contributed by atoms with Crippen molar-refractivity contribution in [3.8, 4) is 5.75 Å². The van der Waals surface area contributed by atoms with Gasteiger partial charge in [0.1, 0.15) is 11.6 Å². The fraction of sp³-hybridized carbons (Fsp3) is 0.300. The fourth-order valence-corrected chi connectivity index (χ4v) is 4.81. The third kappa shape index (κ3) is 4.32. The quantitative estimate of drug-likeness (QED) is 0.748. The van der Waals surface area contributed by atoms with Crippen LogP contribution in [0.25, 0.3) is 0 Å². The van der Waals surface area contributed by atoms with Crippen molar-refractivity contribution >= 4 is 33.3 Å². The molecule has 2 N–H and O–H groups in total. The first-order chi connectivity index (χ1) is 14.7. The summed E-state index contributed by atoms with van der Waals surface area (Å²) in [5.41, 5.74) is 0.760. The number of ether oxygens (including phenoxy) is 1. The molecule has 164 valence electrons. The Balaban J connectivity index is 1.41. The highest BCUT2D eigenvalue weighted by Gasteiger charge is 2.32. The van der Waals surface area contributed by atoms with Crippen LogP contribution in [0.15, 0.2) is 47.4 Å². The number of carbonyl (C=O) groups excluding carboxylic acids is 2. The molecule has 2 aliphatic heterocycles. The van der Waals surface area contributed by atoms with Gasteiger partial charge in [-0.25, -0.2) is 17.6 Å². The second-order valence-electron chi connectivity index (χ2n) is 7.24. The zero-order valence-electron chi connectivity index (χ0n) is 16.7. The van der Waals surface area contributed by atoms with Crippen LogP contribution in [-0.4, -0.2) is 61.8 Å². The van der Waals surface area contributed by atoms with Gasteiger partial charge in [0.2, 0.25) is 10.0 Å². The first-order valence-corrected chi connectivity index (χ1v) is 11.1. The molecule has 0 aromatic heterocycles. The maximum atomic E-state index is 13.0. The number of anilines is 2. The number of nitrogens with one attached hydrogen (secondary N) is 2. The van der Waals surface area contributed by atoms with Gasteiger partial charge in [0.15, 0.2) is 6.10 Å². The molecule has 2 aromatic rings. The van der Waals surface area contributed by atoms with Crippen LogP contribution in [0.3, 0.4) is 0 Å². The Labute approximate surface area is 178 Å². The van der Waals surface area contributed by atoms with Crippen molar-refractivity contribution in [2.75, 3.05) is 36.8 Å². The van der Waals surface area contributed by atoms with Crippen LogP contribution in [0.1, 0.15) is 6.92 Å². The first-order valence-electron chi connectivity index (χ1n) is 9.67. The number of piperazine rings is 1. The van der Waals surface area contributed by atoms with Crippen LogP contribution in [0.2, 0.25) is 0 Å². The number of fused-ring (bicyclic) bond motifs is 1. The summed E-state index contributed by atoms with van der Waals surface area (Å²) in [5, 5.41) is 5.31. The largest absolute Gasteiger partial charge is 0.479 e. The molecule has 3 amide bonds. The number of rotatable bonds is 3. The number of urea groups is 1. The lowest BCUT2D eigenvalue weighted by molar-refractivity contribution is -0.122. The van der Waals surface area contributed by atoms with E-state index in [-0.39, 0.29) is 43.0 Å². The Bertz CT molecular complexity index is 1110. The van der Waals surface area contributed by atoms with Crippen molar-refractivity contribution in [2.24, 2.45) is 0 Å². The summed E-state index contributed by atoms with van der Waals surface area (Å²) >= 11 is 0. The molecule has 0 bridgehead atoms. The SMILES string of the molecule is C[C@H]1Oc2ccc(S(=O)(=O)N3CCN(C(=O)Nc4ccc(F)cc4)CC3)cc2NC1=O. The molecule has 2 aliphatic rings. The summed E-state index contributed by atoms with van der Waals surface area (Å²) < 4.78 is 45.8. The number of hydrogen-bond acceptors (Lipinski definition) is 5. The van der Waals surface area contributed by atoms with Gasteiger partial charge >= 0.3 is 6.03 Å². The average Bonchev–Trinajstić information content (AvgIpc) is 2.76. The van der Waals surface area contributed by atoms with Crippen LogP contribution in [0.5, 0.6) is 5.75 Å². The van der Waals surface area contributed by atoms with E-state index in [1.54, 1.807) is 6.92 Å². The maximum Gasteiger partial charge on any atom is 0.321 e. The van der Waals surface area contributed by atoms with Crippen molar-refractivity contribution in [1.82, 2.24) is 9.21 Å². The van der Waals surface area contributed by atoms with Gasteiger partial charge in [0.05, 0.1) is 10.6 Å². The van der Waals surface area contributed by atoms with E-state index in [4.69, 9.17) is 4.74 Å². The molecule has 9 nitrogen and oxygen atoms in total. The van der Waals surface area contributed by atoms with Gasteiger partial charge in [-0.3, -0.25) is 4.79 Å². The van der Waals surface area contributed by atoms with Crippen LogP contribution in [-0.2, 0) is 14.8 Å². The summed E-state index contributed by atoms with van der Waals surface area (Å²) in [6.45, 7) is 2.25. The van der Waals surface area contributed by atoms with Crippen LogP contribution in [0.4, 0.5) is 20.6 Å². The standard InChI is InChI=1S/C20H21FN4O5S/c1-13-19(26)23-17-12-16(6-7-18(17)30-13)31(28,29)25-10-8-24(9-11-25)20(27)22-15-4-2-14(21)3-5-15/h2-7,12-13H,8-11H2,1H3,(H,22,27)(H,23,26)/t13-/m1/s1. The van der Waals surface area contributed by atoms with Crippen molar-refractivity contribution in [1.29, 1.82) is 0 Å². The molecule has 1 saturated heterocycles. The highest BCUT2D eigenvalue weighted by molar-refractivity contribution is 7.89. The molecular weight excluding hydrogens is 427 g/mol. The number of benzene rings is 2. The van der Waals surface area contributed by atoms with Gasteiger partial charge in [-0.2, -0.15) is 4.31 Å². The Morgan fingerprint density at radius 3 is 2.48 bits per heavy atom. The van der Waals surface area contributed by atoms with Gasteiger partial charge in [0.25, 0.3) is 5.91 Å². The Kier molecular flexibility index (Phi) is 5.54. The van der Waals surface area contributed by atoms with Crippen molar-refractivity contribution in [3.63, 3.8) is 0 Å². The zero-order valence-corrected chi connectivity index (χ0v) is 17.5. The Morgan fingerprint density at radius 1 is 1.13 bits per heavy atom. The van der Waals surface area contributed by atoms with E-state index in [1.807, 2.05) is 0 Å². The van der Waals surface area contributed by atoms with Crippen LogP contribution >= 0.6 is 0 Å². The van der Waals surface area contributed by atoms with Crippen LogP contribution < -0.4 is 15.4 Å². The molecule has 0 aliphatic carbocycles. The molecular formula is C20H21FN4O5S. The lowest BCUT2D eigenvalue weighted by Gasteiger charge is -2.34. The van der Waals surface area contributed by atoms with Crippen LogP contribution in [0, 0.1) is 5.82 Å². The molecule has 11 heteroatoms. The van der Waals surface area contributed by atoms with Crippen molar-refractivity contribution < 1.29 is 27.1 Å². The number of hydrogen-bond donors (Lipinski definition) is 2. The van der Waals surface area contributed by atoms with E-state index < -0.39 is 21.9 Å². The highest BCUT2D eigenvalue weighted by atomic mass is 32.2. The van der Waals surface area contributed by atoms with Gasteiger partial charge < -0.3 is 20.3 Å². The van der Waals surface area contributed by atoms with Gasteiger partial charge in [0, 0.05) is 31.9 Å². The van der Waals surface area contributed by atoms with E-state index in [1.165, 1.54) is 51.7 Å². The minimum absolute atomic E-state index is 0.0360. The number of sulfonamides is 1. The van der Waals surface area contributed by atoms with Crippen molar-refractivity contribution in [2.45, 2.75) is 17.9 Å². The van der Waals surface area contributed by atoms with E-state index in [0.29, 0.717) is 17.1 Å². The zero-order chi connectivity index (χ0) is 22.2. The summed E-state index contributed by atoms with van der Waals surface area (Å²) in [6.07, 6.45) is -0.649. The van der Waals surface area contributed by atoms with Gasteiger partial charge in [-0.1, -0.05) is 0 Å². The van der Waals surface area contributed by atoms with Crippen molar-refractivity contribution in [3.05, 3.63) is 48.3 Å². The number of nitrogens with zero attached hydrogens (tertiary/aromatic N) is 2.